The number of esters is 1. The van der Waals surface area contributed by atoms with Crippen molar-refractivity contribution in [1.82, 2.24) is 19.7 Å². The summed E-state index contributed by atoms with van der Waals surface area (Å²) in [6.07, 6.45) is 3.08. The lowest BCUT2D eigenvalue weighted by Gasteiger charge is -2.48. The molecule has 2 aliphatic rings. The maximum atomic E-state index is 12.9. The average Bonchev–Trinajstić information content (AvgIpc) is 3.46. The van der Waals surface area contributed by atoms with E-state index >= 15 is 0 Å². The predicted molar refractivity (Wildman–Crippen MR) is 126 cm³/mol. The van der Waals surface area contributed by atoms with Crippen molar-refractivity contribution in [2.45, 2.75) is 45.4 Å². The summed E-state index contributed by atoms with van der Waals surface area (Å²) in [5.41, 5.74) is 1.40. The smallest absolute Gasteiger partial charge is 0.411 e. The van der Waals surface area contributed by atoms with Crippen molar-refractivity contribution in [3.05, 3.63) is 36.2 Å². The van der Waals surface area contributed by atoms with Gasteiger partial charge in [-0.3, -0.25) is 4.90 Å². The average molecular weight is 484 g/mol. The molecular weight excluding hydrogens is 454 g/mol. The summed E-state index contributed by atoms with van der Waals surface area (Å²) in [5, 5.41) is 4.30. The Balaban J connectivity index is 1.47. The monoisotopic (exact) mass is 483 g/mol. The zero-order valence-corrected chi connectivity index (χ0v) is 20.3. The highest BCUT2D eigenvalue weighted by Gasteiger charge is 2.44. The lowest BCUT2D eigenvalue weighted by Crippen LogP contribution is -2.66. The Morgan fingerprint density at radius 3 is 2.54 bits per heavy atom. The summed E-state index contributed by atoms with van der Waals surface area (Å²) in [4.78, 5) is 33.8. The van der Waals surface area contributed by atoms with Crippen LogP contribution in [0.5, 0.6) is 0 Å². The number of anilines is 1. The van der Waals surface area contributed by atoms with Crippen LogP contribution in [0.3, 0.4) is 0 Å². The summed E-state index contributed by atoms with van der Waals surface area (Å²) < 4.78 is 24.4. The summed E-state index contributed by atoms with van der Waals surface area (Å²) in [5.74, 6) is -0.440. The van der Waals surface area contributed by atoms with E-state index in [1.165, 1.54) is 0 Å². The molecule has 5 rings (SSSR count). The van der Waals surface area contributed by atoms with Gasteiger partial charge in [0.2, 0.25) is 0 Å². The quantitative estimate of drug-likeness (QED) is 0.517. The van der Waals surface area contributed by atoms with Gasteiger partial charge < -0.3 is 23.5 Å². The number of nitrogens with zero attached hydrogens (tertiary/aromatic N) is 5. The maximum absolute atomic E-state index is 12.9. The molecule has 1 amide bonds. The Kier molecular flexibility index (Phi) is 5.87. The Hall–Kier alpha value is -3.60. The van der Waals surface area contributed by atoms with Gasteiger partial charge in [-0.15, -0.1) is 0 Å². The number of carbonyl (C=O) groups is 2. The molecule has 2 saturated heterocycles. The minimum absolute atomic E-state index is 0.201. The van der Waals surface area contributed by atoms with E-state index in [1.807, 2.05) is 25.7 Å². The van der Waals surface area contributed by atoms with Crippen LogP contribution < -0.4 is 4.90 Å². The number of fused-ring (bicyclic) bond motifs is 3. The molecule has 0 radical (unpaired) electrons. The fourth-order valence-corrected chi connectivity index (χ4v) is 4.48. The van der Waals surface area contributed by atoms with Gasteiger partial charge in [-0.25, -0.2) is 14.3 Å². The fraction of sp³-hybridized carbons (Fsp3) is 0.500. The van der Waals surface area contributed by atoms with Crippen LogP contribution in [0.2, 0.25) is 0 Å². The molecule has 4 heterocycles. The minimum atomic E-state index is -0.580. The lowest BCUT2D eigenvalue weighted by molar-refractivity contribution is -0.0670. The van der Waals surface area contributed by atoms with Gasteiger partial charge in [0, 0.05) is 25.5 Å². The highest BCUT2D eigenvalue weighted by Crippen LogP contribution is 2.32. The largest absolute Gasteiger partial charge is 0.462 e. The maximum Gasteiger partial charge on any atom is 0.411 e. The topological polar surface area (TPSA) is 112 Å². The van der Waals surface area contributed by atoms with E-state index < -0.39 is 11.6 Å². The molecule has 35 heavy (non-hydrogen) atoms. The first-order valence-electron chi connectivity index (χ1n) is 11.7. The molecule has 0 N–H and O–H groups in total. The fourth-order valence-electron chi connectivity index (χ4n) is 4.48. The minimum Gasteiger partial charge on any atom is -0.462 e. The van der Waals surface area contributed by atoms with Gasteiger partial charge >= 0.3 is 12.1 Å². The molecule has 2 unspecified atom stereocenters. The Bertz CT molecular complexity index is 1220. The second kappa shape index (κ2) is 8.88. The number of benzene rings is 1. The van der Waals surface area contributed by atoms with Crippen molar-refractivity contribution in [2.24, 2.45) is 0 Å². The molecular formula is C24H29N5O6. The Morgan fingerprint density at radius 1 is 1.17 bits per heavy atom. The third-order valence-electron chi connectivity index (χ3n) is 5.87. The van der Waals surface area contributed by atoms with Crippen molar-refractivity contribution in [3.8, 4) is 5.69 Å². The Morgan fingerprint density at radius 2 is 1.91 bits per heavy atom. The van der Waals surface area contributed by atoms with E-state index in [4.69, 9.17) is 23.6 Å². The third kappa shape index (κ3) is 4.55. The van der Waals surface area contributed by atoms with E-state index in [2.05, 4.69) is 5.10 Å². The number of morpholine rings is 1. The number of oxazole rings is 1. The molecule has 11 heteroatoms. The molecule has 2 aliphatic heterocycles. The number of piperazine rings is 1. The van der Waals surface area contributed by atoms with Gasteiger partial charge in [0.1, 0.15) is 16.8 Å². The van der Waals surface area contributed by atoms with E-state index in [-0.39, 0.29) is 24.8 Å². The van der Waals surface area contributed by atoms with Crippen LogP contribution in [-0.4, -0.2) is 82.3 Å². The molecule has 3 aromatic rings. The van der Waals surface area contributed by atoms with Gasteiger partial charge in [-0.05, 0) is 45.9 Å². The van der Waals surface area contributed by atoms with E-state index in [0.717, 1.165) is 0 Å². The normalized spacial score (nSPS) is 20.2. The molecule has 2 aromatic heterocycles. The van der Waals surface area contributed by atoms with Gasteiger partial charge in [0.15, 0.2) is 5.58 Å². The van der Waals surface area contributed by atoms with Crippen LogP contribution in [0, 0.1) is 0 Å². The first kappa shape index (κ1) is 23.2. The van der Waals surface area contributed by atoms with Crippen molar-refractivity contribution in [3.63, 3.8) is 0 Å². The van der Waals surface area contributed by atoms with Crippen molar-refractivity contribution >= 4 is 29.2 Å². The summed E-state index contributed by atoms with van der Waals surface area (Å²) in [6.45, 7) is 9.35. The van der Waals surface area contributed by atoms with Crippen LogP contribution >= 0.6 is 0 Å². The molecule has 2 bridgehead atoms. The number of carbonyl (C=O) groups excluding carboxylic acids is 2. The standard InChI is InChI=1S/C24H29N5O6/c1-5-33-21(30)15-9-18-20(19(10-15)28-8-6-7-25-28)34-22(26-18)27-11-16-13-32-14-17(12-27)29(16)23(31)35-24(2,3)4/h6-10,16-17H,5,11-14H2,1-4H3. The number of hydrogen-bond acceptors (Lipinski definition) is 9. The Labute approximate surface area is 202 Å². The zero-order chi connectivity index (χ0) is 24.7. The molecule has 1 aromatic carbocycles. The number of hydrogen-bond donors (Lipinski definition) is 0. The van der Waals surface area contributed by atoms with Crippen molar-refractivity contribution < 1.29 is 28.2 Å². The molecule has 186 valence electrons. The van der Waals surface area contributed by atoms with Crippen molar-refractivity contribution in [2.75, 3.05) is 37.8 Å². The lowest BCUT2D eigenvalue weighted by atomic mass is 10.1. The van der Waals surface area contributed by atoms with Crippen LogP contribution in [-0.2, 0) is 14.2 Å². The second-order valence-corrected chi connectivity index (χ2v) is 9.65. The molecule has 2 fully saturated rings. The van der Waals surface area contributed by atoms with Crippen molar-refractivity contribution in [1.29, 1.82) is 0 Å². The van der Waals surface area contributed by atoms with Gasteiger partial charge in [0.05, 0.1) is 37.5 Å². The highest BCUT2D eigenvalue weighted by molar-refractivity contribution is 5.96. The van der Waals surface area contributed by atoms with Gasteiger partial charge in [-0.1, -0.05) is 0 Å². The second-order valence-electron chi connectivity index (χ2n) is 9.65. The number of ether oxygens (including phenoxy) is 3. The summed E-state index contributed by atoms with van der Waals surface area (Å²) in [6, 6.07) is 5.15. The molecule has 0 saturated carbocycles. The van der Waals surface area contributed by atoms with Crippen LogP contribution in [0.4, 0.5) is 10.8 Å². The molecule has 0 spiro atoms. The number of aromatic nitrogens is 3. The summed E-state index contributed by atoms with van der Waals surface area (Å²) >= 11 is 0. The summed E-state index contributed by atoms with van der Waals surface area (Å²) in [7, 11) is 0. The van der Waals surface area contributed by atoms with E-state index in [0.29, 0.717) is 54.7 Å². The van der Waals surface area contributed by atoms with Crippen LogP contribution in [0.1, 0.15) is 38.1 Å². The van der Waals surface area contributed by atoms with Gasteiger partial charge in [-0.2, -0.15) is 10.1 Å². The zero-order valence-electron chi connectivity index (χ0n) is 20.3. The molecule has 11 nitrogen and oxygen atoms in total. The van der Waals surface area contributed by atoms with Crippen LogP contribution in [0.25, 0.3) is 16.8 Å². The van der Waals surface area contributed by atoms with Crippen LogP contribution in [0.15, 0.2) is 35.0 Å². The molecule has 2 atom stereocenters. The van der Waals surface area contributed by atoms with E-state index in [1.54, 1.807) is 47.1 Å². The van der Waals surface area contributed by atoms with Gasteiger partial charge in [0.25, 0.3) is 6.01 Å². The third-order valence-corrected chi connectivity index (χ3v) is 5.87. The number of rotatable bonds is 4. The molecule has 0 aliphatic carbocycles. The predicted octanol–water partition coefficient (Wildman–Crippen LogP) is 3.01. The first-order chi connectivity index (χ1) is 16.7. The number of amides is 1. The first-order valence-corrected chi connectivity index (χ1v) is 11.7. The SMILES string of the molecule is CCOC(=O)c1cc(-n2cccn2)c2oc(N3CC4COCC(C3)N4C(=O)OC(C)(C)C)nc2c1. The van der Waals surface area contributed by atoms with E-state index in [9.17, 15) is 9.59 Å². The highest BCUT2D eigenvalue weighted by atomic mass is 16.6.